The van der Waals surface area contributed by atoms with Gasteiger partial charge in [0.1, 0.15) is 11.8 Å². The second-order valence-corrected chi connectivity index (χ2v) is 6.26. The van der Waals surface area contributed by atoms with Gasteiger partial charge in [0.25, 0.3) is 0 Å². The molecule has 1 atom stereocenters. The third-order valence-corrected chi connectivity index (χ3v) is 4.52. The summed E-state index contributed by atoms with van der Waals surface area (Å²) in [4.78, 5) is 4.85. The van der Waals surface area contributed by atoms with E-state index in [-0.39, 0.29) is 5.92 Å². The van der Waals surface area contributed by atoms with Crippen molar-refractivity contribution in [1.29, 1.82) is 0 Å². The maximum absolute atomic E-state index is 5.70. The number of tetrazole rings is 1. The lowest BCUT2D eigenvalue weighted by atomic mass is 10.0. The van der Waals surface area contributed by atoms with Crippen LogP contribution >= 0.6 is 0 Å². The lowest BCUT2D eigenvalue weighted by Gasteiger charge is -2.09. The van der Waals surface area contributed by atoms with E-state index >= 15 is 0 Å². The summed E-state index contributed by atoms with van der Waals surface area (Å²) in [6, 6.07) is 11.9. The molecule has 0 spiro atoms. The van der Waals surface area contributed by atoms with Gasteiger partial charge in [-0.2, -0.15) is 10.3 Å². The molecule has 1 N–H and O–H groups in total. The maximum atomic E-state index is 5.70. The van der Waals surface area contributed by atoms with E-state index in [4.69, 9.17) is 9.40 Å². The Labute approximate surface area is 148 Å². The van der Waals surface area contributed by atoms with Crippen LogP contribution in [0.4, 0.5) is 0 Å². The summed E-state index contributed by atoms with van der Waals surface area (Å²) in [7, 11) is 1.96. The normalized spacial score (nSPS) is 16.7. The molecule has 1 aliphatic heterocycles. The summed E-state index contributed by atoms with van der Waals surface area (Å²) in [5.41, 5.74) is 5.51. The molecule has 5 rings (SSSR count). The zero-order valence-electron chi connectivity index (χ0n) is 14.0. The van der Waals surface area contributed by atoms with Crippen molar-refractivity contribution >= 4 is 17.3 Å². The Hall–Kier alpha value is -3.55. The fraction of sp³-hybridized carbons (Fsp3) is 0.167. The SMILES string of the molecule is CN1CC(c2ccc3occ(-c4ccc(-c5nn[nH]n5)cc4)c3n2)C=N1. The van der Waals surface area contributed by atoms with E-state index < -0.39 is 0 Å². The van der Waals surface area contributed by atoms with Crippen LogP contribution in [0.5, 0.6) is 0 Å². The van der Waals surface area contributed by atoms with Crippen LogP contribution in [-0.2, 0) is 0 Å². The lowest BCUT2D eigenvalue weighted by molar-refractivity contribution is 0.380. The molecule has 1 aliphatic rings. The van der Waals surface area contributed by atoms with Crippen LogP contribution in [0.3, 0.4) is 0 Å². The van der Waals surface area contributed by atoms with Gasteiger partial charge >= 0.3 is 0 Å². The number of aromatic nitrogens is 5. The van der Waals surface area contributed by atoms with E-state index in [1.165, 1.54) is 0 Å². The Kier molecular flexibility index (Phi) is 3.27. The molecule has 0 fully saturated rings. The average molecular weight is 345 g/mol. The number of hydrogen-bond donors (Lipinski definition) is 1. The second-order valence-electron chi connectivity index (χ2n) is 6.26. The van der Waals surface area contributed by atoms with Crippen molar-refractivity contribution in [2.45, 2.75) is 5.92 Å². The first-order valence-electron chi connectivity index (χ1n) is 8.25. The average Bonchev–Trinajstić information content (AvgIpc) is 3.42. The Bertz CT molecular complexity index is 1080. The molecule has 1 unspecified atom stereocenters. The van der Waals surface area contributed by atoms with Gasteiger partial charge in [-0.15, -0.1) is 10.2 Å². The van der Waals surface area contributed by atoms with Gasteiger partial charge in [0.2, 0.25) is 5.82 Å². The number of likely N-dealkylation sites (N-methyl/N-ethyl adjacent to an activating group) is 1. The highest BCUT2D eigenvalue weighted by Crippen LogP contribution is 2.32. The topological polar surface area (TPSA) is 96.1 Å². The number of furan rings is 1. The Morgan fingerprint density at radius 2 is 1.96 bits per heavy atom. The van der Waals surface area contributed by atoms with Crippen LogP contribution in [0.2, 0.25) is 0 Å². The summed E-state index contributed by atoms with van der Waals surface area (Å²) < 4.78 is 5.70. The minimum absolute atomic E-state index is 0.202. The van der Waals surface area contributed by atoms with Gasteiger partial charge in [-0.3, -0.25) is 5.01 Å². The summed E-state index contributed by atoms with van der Waals surface area (Å²) in [5.74, 6) is 0.770. The van der Waals surface area contributed by atoms with E-state index in [0.717, 1.165) is 40.0 Å². The van der Waals surface area contributed by atoms with Gasteiger partial charge in [0.15, 0.2) is 5.58 Å². The molecule has 0 radical (unpaired) electrons. The van der Waals surface area contributed by atoms with Crippen LogP contribution in [-0.4, -0.2) is 50.4 Å². The zero-order chi connectivity index (χ0) is 17.5. The van der Waals surface area contributed by atoms with Gasteiger partial charge in [0.05, 0.1) is 11.6 Å². The molecule has 0 saturated heterocycles. The largest absolute Gasteiger partial charge is 0.462 e. The molecule has 4 heterocycles. The van der Waals surface area contributed by atoms with E-state index in [1.54, 1.807) is 6.26 Å². The Morgan fingerprint density at radius 3 is 2.69 bits per heavy atom. The third-order valence-electron chi connectivity index (χ3n) is 4.52. The van der Waals surface area contributed by atoms with Gasteiger partial charge < -0.3 is 4.42 Å². The molecule has 128 valence electrons. The first-order chi connectivity index (χ1) is 12.8. The Morgan fingerprint density at radius 1 is 1.12 bits per heavy atom. The van der Waals surface area contributed by atoms with Gasteiger partial charge in [0, 0.05) is 30.9 Å². The van der Waals surface area contributed by atoms with E-state index in [0.29, 0.717) is 5.82 Å². The van der Waals surface area contributed by atoms with Crippen LogP contribution in [0, 0.1) is 0 Å². The molecular formula is C18H15N7O. The van der Waals surface area contributed by atoms with Crippen molar-refractivity contribution in [3.63, 3.8) is 0 Å². The molecule has 1 aromatic carbocycles. The predicted molar refractivity (Wildman–Crippen MR) is 96.5 cm³/mol. The number of pyridine rings is 1. The van der Waals surface area contributed by atoms with Crippen LogP contribution in [0.25, 0.3) is 33.6 Å². The molecule has 0 bridgehead atoms. The monoisotopic (exact) mass is 345 g/mol. The smallest absolute Gasteiger partial charge is 0.204 e. The summed E-state index contributed by atoms with van der Waals surface area (Å²) >= 11 is 0. The molecular weight excluding hydrogens is 330 g/mol. The predicted octanol–water partition coefficient (Wildman–Crippen LogP) is 2.69. The van der Waals surface area contributed by atoms with Gasteiger partial charge in [-0.1, -0.05) is 24.3 Å². The minimum Gasteiger partial charge on any atom is -0.462 e. The van der Waals surface area contributed by atoms with Crippen LogP contribution in [0.1, 0.15) is 11.6 Å². The molecule has 0 aliphatic carbocycles. The quantitative estimate of drug-likeness (QED) is 0.613. The standard InChI is InChI=1S/C18H15N7O/c1-25-9-13(8-19-25)15-6-7-16-17(20-15)14(10-26-16)11-2-4-12(5-3-11)18-21-23-24-22-18/h2-8,10,13H,9H2,1H3,(H,21,22,23,24). The molecule has 0 saturated carbocycles. The van der Waals surface area contributed by atoms with Gasteiger partial charge in [-0.05, 0) is 22.9 Å². The fourth-order valence-electron chi connectivity index (χ4n) is 3.17. The van der Waals surface area contributed by atoms with Crippen molar-refractivity contribution in [1.82, 2.24) is 30.6 Å². The van der Waals surface area contributed by atoms with Crippen molar-refractivity contribution in [3.05, 3.63) is 48.4 Å². The number of fused-ring (bicyclic) bond motifs is 1. The van der Waals surface area contributed by atoms with Crippen molar-refractivity contribution in [2.75, 3.05) is 13.6 Å². The highest BCUT2D eigenvalue weighted by atomic mass is 16.3. The molecule has 8 nitrogen and oxygen atoms in total. The number of H-pyrrole nitrogens is 1. The molecule has 0 amide bonds. The fourth-order valence-corrected chi connectivity index (χ4v) is 3.17. The molecule has 3 aromatic heterocycles. The van der Waals surface area contributed by atoms with E-state index in [9.17, 15) is 0 Å². The maximum Gasteiger partial charge on any atom is 0.204 e. The third kappa shape index (κ3) is 2.43. The van der Waals surface area contributed by atoms with Crippen molar-refractivity contribution in [2.24, 2.45) is 5.10 Å². The first-order valence-corrected chi connectivity index (χ1v) is 8.25. The zero-order valence-corrected chi connectivity index (χ0v) is 14.0. The number of benzene rings is 1. The van der Waals surface area contributed by atoms with E-state index in [1.807, 2.05) is 54.7 Å². The van der Waals surface area contributed by atoms with Gasteiger partial charge in [-0.25, -0.2) is 4.98 Å². The number of nitrogens with one attached hydrogen (secondary N) is 1. The highest BCUT2D eigenvalue weighted by molar-refractivity contribution is 5.91. The number of hydrazone groups is 1. The molecule has 4 aromatic rings. The Balaban J connectivity index is 1.53. The van der Waals surface area contributed by atoms with Crippen molar-refractivity contribution < 1.29 is 4.42 Å². The minimum atomic E-state index is 0.202. The number of nitrogens with zero attached hydrogens (tertiary/aromatic N) is 6. The first kappa shape index (κ1) is 14.8. The number of hydrogen-bond acceptors (Lipinski definition) is 7. The summed E-state index contributed by atoms with van der Waals surface area (Å²) in [6.45, 7) is 0.838. The summed E-state index contributed by atoms with van der Waals surface area (Å²) in [5, 5.41) is 20.3. The van der Waals surface area contributed by atoms with Crippen LogP contribution < -0.4 is 0 Å². The molecule has 8 heteroatoms. The number of rotatable bonds is 3. The second kappa shape index (κ2) is 5.76. The number of aromatic amines is 1. The lowest BCUT2D eigenvalue weighted by Crippen LogP contribution is -2.12. The van der Waals surface area contributed by atoms with Crippen LogP contribution in [0.15, 0.2) is 52.2 Å². The highest BCUT2D eigenvalue weighted by Gasteiger charge is 2.20. The van der Waals surface area contributed by atoms with Crippen molar-refractivity contribution in [3.8, 4) is 22.5 Å². The van der Waals surface area contributed by atoms with E-state index in [2.05, 4.69) is 25.7 Å². The summed E-state index contributed by atoms with van der Waals surface area (Å²) in [6.07, 6.45) is 3.69. The molecule has 26 heavy (non-hydrogen) atoms.